The largest absolute Gasteiger partial charge is 0.508 e. The van der Waals surface area contributed by atoms with Crippen molar-refractivity contribution in [2.45, 2.75) is 130 Å². The van der Waals surface area contributed by atoms with Crippen molar-refractivity contribution in [3.05, 3.63) is 153 Å². The zero-order chi connectivity index (χ0) is 90.7. The Hall–Kier alpha value is -5.77. The van der Waals surface area contributed by atoms with E-state index >= 15 is 0 Å². The first-order valence-corrected chi connectivity index (χ1v) is 52.9. The maximum Gasteiger partial charge on any atom is 0.499 e. The van der Waals surface area contributed by atoms with Gasteiger partial charge in [0, 0.05) is 105 Å². The van der Waals surface area contributed by atoms with E-state index in [1.807, 2.05) is 10.8 Å². The molecule has 0 saturated carbocycles. The number of carbonyl (C=O) groups is 2. The number of carbonyl (C=O) groups excluding carboxylic acids is 2. The van der Waals surface area contributed by atoms with E-state index in [9.17, 15) is 95.6 Å². The Bertz CT molecular complexity index is 5200. The van der Waals surface area contributed by atoms with E-state index in [-0.39, 0.29) is 97.7 Å². The molecule has 39 nitrogen and oxygen atoms in total. The topological polar surface area (TPSA) is 559 Å². The van der Waals surface area contributed by atoms with Gasteiger partial charge in [0.1, 0.15) is 40.8 Å². The van der Waals surface area contributed by atoms with Crippen molar-refractivity contribution in [2.24, 2.45) is 11.8 Å². The van der Waals surface area contributed by atoms with Crippen LogP contribution in [0.1, 0.15) is 144 Å². The molecule has 0 aromatic heterocycles. The number of hydrogen-bond acceptors (Lipinski definition) is 32. The van der Waals surface area contributed by atoms with E-state index in [2.05, 4.69) is 36.5 Å². The third-order valence-electron chi connectivity index (χ3n) is 18.0. The lowest BCUT2D eigenvalue weighted by Crippen LogP contribution is -2.24. The monoisotopic (exact) mass is 1930 g/mol. The van der Waals surface area contributed by atoms with Gasteiger partial charge in [0.25, 0.3) is 11.8 Å². The molecule has 4 aromatic rings. The van der Waals surface area contributed by atoms with E-state index in [0.29, 0.717) is 86.6 Å². The Balaban J connectivity index is 0.717. The molecule has 125 heavy (non-hydrogen) atoms. The average molecular weight is 1930 g/mol. The molecule has 8 rings (SSSR count). The highest BCUT2D eigenvalue weighted by Crippen LogP contribution is 2.54. The van der Waals surface area contributed by atoms with Crippen LogP contribution in [0.2, 0.25) is 0 Å². The van der Waals surface area contributed by atoms with Gasteiger partial charge in [-0.15, -0.1) is 14.0 Å². The first-order valence-electron chi connectivity index (χ1n) is 39.9. The van der Waals surface area contributed by atoms with Gasteiger partial charge < -0.3 is 63.9 Å². The highest BCUT2D eigenvalue weighted by molar-refractivity contribution is 8.76. The number of rotatable bonds is 63. The molecule has 692 valence electrons. The standard InChI is InChI=1S/C77H105N2O37P7S2/c1-4-5-6-14-43-124-125-44-15-8-7-13-36-104-122(96,97)115-116-123(98,99)110-54-57(21-10-12-35-79-77(85)61-25-17-23-59(46-61)75-68-32-28-64(82)49-72(68)112-73-50-65(83)29-33-69(73)75)52-108-119(90,91)103-39-19-40-105-121(94,95)114-100-41-42-106-117(86,87)101-37-18-38-102-118(88,89)107-51-56(53-109-120(92,93)113-55(2)3)20-9-11-34-78-76(84)60-24-16-22-58(45-60)74-66-30-26-62(80)47-70(66)111-71-48-63(81)27-31-67(71)74/h16-17,22-33,45-50,55-57,80,82H,4-15,18-21,34-44,51-54H2,1-3H3,(H,78,84)(H,79,85)(H,86,87)(H,88,89)(H,90,91)(H,92,93)(H,94,95)(H,96,97)(H,98,99). The minimum atomic E-state index is -5.32. The molecule has 4 aromatic carbocycles. The maximum atomic E-state index is 13.6. The first kappa shape index (κ1) is 105. The van der Waals surface area contributed by atoms with Gasteiger partial charge in [0.2, 0.25) is 0 Å². The molecule has 0 fully saturated rings. The summed E-state index contributed by atoms with van der Waals surface area (Å²) in [6.45, 7) is -1.36. The van der Waals surface area contributed by atoms with Crippen LogP contribution in [-0.4, -0.2) is 160 Å². The lowest BCUT2D eigenvalue weighted by atomic mass is 9.92. The van der Waals surface area contributed by atoms with Crippen LogP contribution in [0.3, 0.4) is 0 Å². The molecule has 2 heterocycles. The predicted octanol–water partition coefficient (Wildman–Crippen LogP) is 17.1. The number of hydrogen-bond donors (Lipinski definition) is 11. The molecule has 48 heteroatoms. The van der Waals surface area contributed by atoms with Crippen molar-refractivity contribution in [1.82, 2.24) is 10.6 Å². The van der Waals surface area contributed by atoms with Crippen molar-refractivity contribution in [2.75, 3.05) is 97.3 Å². The minimum absolute atomic E-state index is 0.0170. The number of phosphoric ester groups is 7. The van der Waals surface area contributed by atoms with Gasteiger partial charge in [-0.3, -0.25) is 68.9 Å². The molecule has 0 bridgehead atoms. The summed E-state index contributed by atoms with van der Waals surface area (Å²) in [6, 6.07) is 31.2. The van der Waals surface area contributed by atoms with E-state index in [1.54, 1.807) is 83.6 Å². The van der Waals surface area contributed by atoms with E-state index < -0.39 is 151 Å². The summed E-state index contributed by atoms with van der Waals surface area (Å²) in [5.41, 5.74) is 4.26. The lowest BCUT2D eigenvalue weighted by Gasteiger charge is -2.21. The van der Waals surface area contributed by atoms with Crippen LogP contribution in [0.25, 0.3) is 66.8 Å². The summed E-state index contributed by atoms with van der Waals surface area (Å²) in [7, 11) is -31.1. The SMILES string of the molecule is CCCCCCSSCCCCCCOP(=O)(O)OOP(=O)(O)OCC(CCCCNC(=O)c1cccc(-c2c3ccc(=O)cc-3oc3cc(O)ccc23)c1)COP(=O)(O)OCCCOP(=O)(O)OOCCOP(=O)(O)OCCCOP(=O)(O)OCC(CCCCNC(=O)c1cccc(-c2c3ccc(=O)cc-3oc3cc(O)ccc23)c1)COP(=O)(O)OC(C)C. The highest BCUT2D eigenvalue weighted by Gasteiger charge is 2.35. The number of phenolic OH excluding ortho intramolecular Hbond substituents is 2. The Kier molecular flexibility index (Phi) is 43.3. The second kappa shape index (κ2) is 51.7. The summed E-state index contributed by atoms with van der Waals surface area (Å²) in [4.78, 5) is 128. The molecule has 2 aliphatic carbocycles. The molecule has 2 aliphatic heterocycles. The van der Waals surface area contributed by atoms with Crippen LogP contribution >= 0.6 is 76.3 Å². The van der Waals surface area contributed by atoms with E-state index in [1.165, 1.54) is 88.1 Å². The third-order valence-corrected chi connectivity index (χ3v) is 27.2. The number of aromatic hydroxyl groups is 2. The van der Waals surface area contributed by atoms with Crippen molar-refractivity contribution in [1.29, 1.82) is 0 Å². The van der Waals surface area contributed by atoms with Gasteiger partial charge in [0.15, 0.2) is 10.9 Å². The van der Waals surface area contributed by atoms with Crippen molar-refractivity contribution in [3.8, 4) is 56.4 Å². The van der Waals surface area contributed by atoms with Crippen LogP contribution in [0.5, 0.6) is 11.5 Å². The summed E-state index contributed by atoms with van der Waals surface area (Å²) in [6.07, 6.45) is 7.58. The molecule has 11 N–H and O–H groups in total. The van der Waals surface area contributed by atoms with Crippen molar-refractivity contribution >= 4 is 110 Å². The summed E-state index contributed by atoms with van der Waals surface area (Å²) in [5, 5.41) is 27.2. The second-order valence-electron chi connectivity index (χ2n) is 28.5. The van der Waals surface area contributed by atoms with Gasteiger partial charge in [-0.05, 0) is 156 Å². The molecule has 2 amide bonds. The fourth-order valence-corrected chi connectivity index (χ4v) is 19.9. The van der Waals surface area contributed by atoms with Gasteiger partial charge in [-0.25, -0.2) is 36.8 Å². The minimum Gasteiger partial charge on any atom is -0.508 e. The van der Waals surface area contributed by atoms with E-state index in [0.717, 1.165) is 24.3 Å². The summed E-state index contributed by atoms with van der Waals surface area (Å²) in [5.74, 6) is -0.296. The Morgan fingerprint density at radius 2 is 0.792 bits per heavy atom. The van der Waals surface area contributed by atoms with Crippen LogP contribution < -0.4 is 21.5 Å². The van der Waals surface area contributed by atoms with Gasteiger partial charge in [-0.1, -0.05) is 97.7 Å². The number of phosphoric acid groups is 7. The smallest absolute Gasteiger partial charge is 0.499 e. The Morgan fingerprint density at radius 1 is 0.400 bits per heavy atom. The van der Waals surface area contributed by atoms with Crippen LogP contribution in [0.15, 0.2) is 140 Å². The van der Waals surface area contributed by atoms with Gasteiger partial charge in [0.05, 0.1) is 72.2 Å². The number of unbranched alkanes of at least 4 members (excludes halogenated alkanes) is 8. The molecule has 0 radical (unpaired) electrons. The number of fused-ring (bicyclic) bond motifs is 4. The Labute approximate surface area is 728 Å². The number of benzene rings is 6. The van der Waals surface area contributed by atoms with Crippen LogP contribution in [0.4, 0.5) is 0 Å². The summed E-state index contributed by atoms with van der Waals surface area (Å²) < 4.78 is 169. The van der Waals surface area contributed by atoms with Crippen LogP contribution in [0, 0.1) is 11.8 Å². The first-order chi connectivity index (χ1) is 59.4. The molecule has 0 saturated heterocycles. The number of amides is 2. The lowest BCUT2D eigenvalue weighted by molar-refractivity contribution is -0.228. The van der Waals surface area contributed by atoms with E-state index in [4.69, 9.17) is 58.6 Å². The number of phenols is 2. The van der Waals surface area contributed by atoms with Crippen LogP contribution in [-0.2, 0) is 101 Å². The third kappa shape index (κ3) is 38.3. The van der Waals surface area contributed by atoms with Crippen molar-refractivity contribution in [3.63, 3.8) is 0 Å². The molecule has 9 unspecified atom stereocenters. The molecule has 4 aliphatic rings. The fourth-order valence-electron chi connectivity index (χ4n) is 12.1. The molecule has 9 atom stereocenters. The number of nitrogens with one attached hydrogen (secondary N) is 2. The quantitative estimate of drug-likeness (QED) is 0.00421. The summed E-state index contributed by atoms with van der Waals surface area (Å²) >= 11 is 0. The normalized spacial score (nSPS) is 15.9. The zero-order valence-electron chi connectivity index (χ0n) is 68.6. The fraction of sp³-hybridized carbons (Fsp3) is 0.481. The molecular formula is C77H105N2O37P7S2. The average Bonchev–Trinajstić information content (AvgIpc) is 0.759. The molecular weight excluding hydrogens is 1830 g/mol. The maximum absolute atomic E-state index is 13.6. The van der Waals surface area contributed by atoms with Crippen molar-refractivity contribution < 1.29 is 164 Å². The highest BCUT2D eigenvalue weighted by atomic mass is 33.1. The Morgan fingerprint density at radius 3 is 1.25 bits per heavy atom. The van der Waals surface area contributed by atoms with Gasteiger partial charge in [-0.2, -0.15) is 0 Å². The molecule has 0 spiro atoms. The second-order valence-corrected chi connectivity index (χ2v) is 41.0. The van der Waals surface area contributed by atoms with Gasteiger partial charge >= 0.3 is 54.8 Å². The zero-order valence-corrected chi connectivity index (χ0v) is 76.5. The predicted molar refractivity (Wildman–Crippen MR) is 462 cm³/mol.